The molecule has 1 unspecified atom stereocenters. The minimum atomic E-state index is 0.0931. The van der Waals surface area contributed by atoms with Crippen LogP contribution in [-0.2, 0) is 11.2 Å². The first-order valence-corrected chi connectivity index (χ1v) is 6.85. The fourth-order valence-corrected chi connectivity index (χ4v) is 2.24. The second kappa shape index (κ2) is 6.36. The minimum absolute atomic E-state index is 0.0931. The van der Waals surface area contributed by atoms with E-state index in [2.05, 4.69) is 32.8 Å². The highest BCUT2D eigenvalue weighted by atomic mass is 16.1. The lowest BCUT2D eigenvalue weighted by Crippen LogP contribution is -2.24. The summed E-state index contributed by atoms with van der Waals surface area (Å²) in [5.41, 5.74) is 1.10. The van der Waals surface area contributed by atoms with Gasteiger partial charge in [0.15, 0.2) is 0 Å². The van der Waals surface area contributed by atoms with Crippen molar-refractivity contribution >= 4 is 17.5 Å². The Balaban J connectivity index is 2.17. The van der Waals surface area contributed by atoms with E-state index >= 15 is 0 Å². The highest BCUT2D eigenvalue weighted by Gasteiger charge is 2.23. The van der Waals surface area contributed by atoms with Gasteiger partial charge in [-0.05, 0) is 13.3 Å². The van der Waals surface area contributed by atoms with Gasteiger partial charge in [0, 0.05) is 25.1 Å². The largest absolute Gasteiger partial charge is 0.370 e. The molecule has 2 heterocycles. The zero-order valence-corrected chi connectivity index (χ0v) is 11.5. The number of rotatable bonds is 6. The van der Waals surface area contributed by atoms with Crippen LogP contribution in [0.3, 0.4) is 0 Å². The predicted molar refractivity (Wildman–Crippen MR) is 75.2 cm³/mol. The number of nitrogens with one attached hydrogen (secondary N) is 3. The number of amides is 1. The molecule has 0 radical (unpaired) electrons. The van der Waals surface area contributed by atoms with Crippen LogP contribution in [0.1, 0.15) is 32.3 Å². The number of hydrogen-bond donors (Lipinski definition) is 3. The first-order valence-electron chi connectivity index (χ1n) is 6.85. The van der Waals surface area contributed by atoms with Gasteiger partial charge in [-0.2, -0.15) is 0 Å². The van der Waals surface area contributed by atoms with Crippen LogP contribution in [0.5, 0.6) is 0 Å². The molecule has 104 valence electrons. The zero-order chi connectivity index (χ0) is 13.7. The van der Waals surface area contributed by atoms with E-state index in [4.69, 9.17) is 0 Å². The smallest absolute Gasteiger partial charge is 0.222 e. The van der Waals surface area contributed by atoms with Crippen LogP contribution in [0.4, 0.5) is 11.6 Å². The number of aromatic nitrogens is 2. The molecular weight excluding hydrogens is 242 g/mol. The van der Waals surface area contributed by atoms with Crippen LogP contribution in [0.2, 0.25) is 0 Å². The van der Waals surface area contributed by atoms with Crippen LogP contribution in [0, 0.1) is 0 Å². The van der Waals surface area contributed by atoms with E-state index in [1.54, 1.807) is 6.33 Å². The lowest BCUT2D eigenvalue weighted by Gasteiger charge is -2.17. The molecule has 1 atom stereocenters. The van der Waals surface area contributed by atoms with E-state index in [9.17, 15) is 4.79 Å². The molecule has 0 aliphatic carbocycles. The average Bonchev–Trinajstić information content (AvgIpc) is 2.79. The Hall–Kier alpha value is -1.85. The van der Waals surface area contributed by atoms with Crippen molar-refractivity contribution in [1.29, 1.82) is 0 Å². The molecule has 1 amide bonds. The van der Waals surface area contributed by atoms with E-state index in [1.165, 1.54) is 0 Å². The molecule has 6 heteroatoms. The third-order valence-corrected chi connectivity index (χ3v) is 3.11. The molecule has 0 bridgehead atoms. The van der Waals surface area contributed by atoms with Crippen LogP contribution < -0.4 is 16.0 Å². The van der Waals surface area contributed by atoms with Gasteiger partial charge in [0.25, 0.3) is 0 Å². The molecule has 1 fully saturated rings. The SMILES string of the molecule is CCCc1c(NCC)ncnc1NC1CNC(=O)C1. The lowest BCUT2D eigenvalue weighted by molar-refractivity contribution is -0.119. The topological polar surface area (TPSA) is 78.9 Å². The molecule has 19 heavy (non-hydrogen) atoms. The summed E-state index contributed by atoms with van der Waals surface area (Å²) in [5, 5.41) is 9.43. The van der Waals surface area contributed by atoms with Crippen LogP contribution in [0.15, 0.2) is 6.33 Å². The molecule has 0 saturated carbocycles. The maximum atomic E-state index is 11.2. The molecule has 2 rings (SSSR count). The summed E-state index contributed by atoms with van der Waals surface area (Å²) in [5.74, 6) is 1.82. The van der Waals surface area contributed by atoms with Crippen molar-refractivity contribution < 1.29 is 4.79 Å². The number of nitrogens with zero attached hydrogens (tertiary/aromatic N) is 2. The van der Waals surface area contributed by atoms with Gasteiger partial charge in [-0.25, -0.2) is 9.97 Å². The van der Waals surface area contributed by atoms with Crippen molar-refractivity contribution in [2.24, 2.45) is 0 Å². The summed E-state index contributed by atoms with van der Waals surface area (Å²) >= 11 is 0. The third-order valence-electron chi connectivity index (χ3n) is 3.11. The molecule has 1 aliphatic heterocycles. The summed E-state index contributed by atoms with van der Waals surface area (Å²) in [7, 11) is 0. The lowest BCUT2D eigenvalue weighted by atomic mass is 10.1. The molecule has 1 aliphatic rings. The third kappa shape index (κ3) is 3.33. The summed E-state index contributed by atoms with van der Waals surface area (Å²) < 4.78 is 0. The number of hydrogen-bond acceptors (Lipinski definition) is 5. The van der Waals surface area contributed by atoms with Crippen LogP contribution >= 0.6 is 0 Å². The van der Waals surface area contributed by atoms with Crippen molar-refractivity contribution in [2.45, 2.75) is 39.2 Å². The molecule has 0 spiro atoms. The van der Waals surface area contributed by atoms with Crippen molar-refractivity contribution in [1.82, 2.24) is 15.3 Å². The molecule has 3 N–H and O–H groups in total. The minimum Gasteiger partial charge on any atom is -0.370 e. The van der Waals surface area contributed by atoms with Crippen molar-refractivity contribution in [3.63, 3.8) is 0 Å². The number of carbonyl (C=O) groups is 1. The number of carbonyl (C=O) groups excluding carboxylic acids is 1. The second-order valence-electron chi connectivity index (χ2n) is 4.68. The Bertz CT molecular complexity index is 449. The highest BCUT2D eigenvalue weighted by Crippen LogP contribution is 2.23. The van der Waals surface area contributed by atoms with Gasteiger partial charge in [-0.3, -0.25) is 4.79 Å². The Morgan fingerprint density at radius 1 is 1.37 bits per heavy atom. The molecule has 1 saturated heterocycles. The highest BCUT2D eigenvalue weighted by molar-refractivity contribution is 5.79. The van der Waals surface area contributed by atoms with E-state index in [1.807, 2.05) is 6.92 Å². The van der Waals surface area contributed by atoms with Gasteiger partial charge in [0.2, 0.25) is 5.91 Å². The molecule has 1 aromatic rings. The average molecular weight is 263 g/mol. The zero-order valence-electron chi connectivity index (χ0n) is 11.5. The van der Waals surface area contributed by atoms with Crippen molar-refractivity contribution in [3.8, 4) is 0 Å². The van der Waals surface area contributed by atoms with Gasteiger partial charge in [-0.1, -0.05) is 13.3 Å². The number of anilines is 2. The van der Waals surface area contributed by atoms with Gasteiger partial charge < -0.3 is 16.0 Å². The fourth-order valence-electron chi connectivity index (χ4n) is 2.24. The van der Waals surface area contributed by atoms with Gasteiger partial charge >= 0.3 is 0 Å². The van der Waals surface area contributed by atoms with Crippen molar-refractivity contribution in [2.75, 3.05) is 23.7 Å². The van der Waals surface area contributed by atoms with Crippen molar-refractivity contribution in [3.05, 3.63) is 11.9 Å². The van der Waals surface area contributed by atoms with Crippen LogP contribution in [0.25, 0.3) is 0 Å². The maximum Gasteiger partial charge on any atom is 0.222 e. The standard InChI is InChI=1S/C13H21N5O/c1-3-5-10-12(14-4-2)16-8-17-13(10)18-9-6-11(19)15-7-9/h8-9H,3-7H2,1-2H3,(H,15,19)(H2,14,16,17,18). The van der Waals surface area contributed by atoms with E-state index in [0.29, 0.717) is 13.0 Å². The van der Waals surface area contributed by atoms with E-state index in [-0.39, 0.29) is 11.9 Å². The van der Waals surface area contributed by atoms with Gasteiger partial charge in [0.05, 0.1) is 6.04 Å². The Morgan fingerprint density at radius 2 is 2.16 bits per heavy atom. The second-order valence-corrected chi connectivity index (χ2v) is 4.68. The Kier molecular flexibility index (Phi) is 4.54. The predicted octanol–water partition coefficient (Wildman–Crippen LogP) is 1.16. The van der Waals surface area contributed by atoms with E-state index in [0.717, 1.165) is 36.6 Å². The molecule has 1 aromatic heterocycles. The first kappa shape index (κ1) is 13.6. The van der Waals surface area contributed by atoms with Gasteiger partial charge in [-0.15, -0.1) is 0 Å². The Morgan fingerprint density at radius 3 is 2.79 bits per heavy atom. The maximum absolute atomic E-state index is 11.2. The van der Waals surface area contributed by atoms with Gasteiger partial charge in [0.1, 0.15) is 18.0 Å². The normalized spacial score (nSPS) is 18.2. The Labute approximate surface area is 113 Å². The molecular formula is C13H21N5O. The summed E-state index contributed by atoms with van der Waals surface area (Å²) in [6.45, 7) is 5.67. The molecule has 6 nitrogen and oxygen atoms in total. The monoisotopic (exact) mass is 263 g/mol. The molecule has 0 aromatic carbocycles. The summed E-state index contributed by atoms with van der Waals surface area (Å²) in [6, 6.07) is 0.118. The first-order chi connectivity index (χ1) is 9.24. The fraction of sp³-hybridized carbons (Fsp3) is 0.615. The van der Waals surface area contributed by atoms with E-state index < -0.39 is 0 Å². The quantitative estimate of drug-likeness (QED) is 0.718. The summed E-state index contributed by atoms with van der Waals surface area (Å²) in [6.07, 6.45) is 4.01. The summed E-state index contributed by atoms with van der Waals surface area (Å²) in [4.78, 5) is 19.8. The van der Waals surface area contributed by atoms with Crippen LogP contribution in [-0.4, -0.2) is 35.0 Å².